The summed E-state index contributed by atoms with van der Waals surface area (Å²) in [6, 6.07) is -7.10. The first-order valence-corrected chi connectivity index (χ1v) is 10.8. The Bertz CT molecular complexity index is 600. The first kappa shape index (κ1) is 28.9. The molecular weight excluding hydrogens is 553 g/mol. The van der Waals surface area contributed by atoms with Crippen molar-refractivity contribution in [3.8, 4) is 0 Å². The second-order valence-electron chi connectivity index (χ2n) is 5.02. The van der Waals surface area contributed by atoms with Gasteiger partial charge in [0.2, 0.25) is 0 Å². The molecule has 0 aromatic heterocycles. The molecule has 0 aromatic rings. The number of hydrogen-bond acceptors (Lipinski definition) is 0. The topological polar surface area (TPSA) is 0 Å². The van der Waals surface area contributed by atoms with E-state index < -0.39 is 53.3 Å². The maximum atomic E-state index is 13.9. The minimum absolute atomic E-state index is 4.24. The zero-order valence-electron chi connectivity index (χ0n) is 12.1. The first-order chi connectivity index (χ1) is 12.0. The van der Waals surface area contributed by atoms with Crippen molar-refractivity contribution < 1.29 is 74.6 Å². The molecule has 29 heavy (non-hydrogen) atoms. The molecule has 0 rings (SSSR count). The van der Waals surface area contributed by atoms with Gasteiger partial charge in [-0.2, -0.15) is 70.2 Å². The van der Waals surface area contributed by atoms with E-state index in [0.29, 0.717) is 0 Å². The van der Waals surface area contributed by atoms with E-state index in [9.17, 15) is 74.6 Å². The van der Waals surface area contributed by atoms with Crippen LogP contribution in [0.4, 0.5) is 74.6 Å². The van der Waals surface area contributed by atoms with Crippen LogP contribution in [0.3, 0.4) is 0 Å². The van der Waals surface area contributed by atoms with Gasteiger partial charge in [0.25, 0.3) is 0 Å². The fourth-order valence-corrected chi connectivity index (χ4v) is 4.37. The molecule has 0 aliphatic carbocycles. The van der Waals surface area contributed by atoms with Gasteiger partial charge in [0, 0.05) is 0 Å². The molecule has 0 aliphatic rings. The third kappa shape index (κ3) is 3.62. The lowest BCUT2D eigenvalue weighted by Crippen LogP contribution is -2.78. The average Bonchev–Trinajstić information content (AvgIpc) is 2.41. The van der Waals surface area contributed by atoms with E-state index in [1.165, 1.54) is 0 Å². The van der Waals surface area contributed by atoms with Gasteiger partial charge in [0.15, 0.2) is 0 Å². The van der Waals surface area contributed by atoms with Crippen LogP contribution in [-0.2, 0) is 0 Å². The molecule has 0 N–H and O–H groups in total. The van der Waals surface area contributed by atoms with E-state index in [4.69, 9.17) is 0 Å². The summed E-state index contributed by atoms with van der Waals surface area (Å²) in [5.74, 6) is -42.3. The summed E-state index contributed by atoms with van der Waals surface area (Å²) in [6.45, 7) is 0. The molecule has 0 bridgehead atoms. The number of hydrogen-bond donors (Lipinski definition) is 0. The molecule has 0 nitrogen and oxygen atoms in total. The molecule has 0 fully saturated rings. The van der Waals surface area contributed by atoms with Crippen molar-refractivity contribution in [2.75, 3.05) is 0 Å². The Morgan fingerprint density at radius 1 is 0.345 bits per heavy atom. The maximum Gasteiger partial charge on any atom is 0.460 e. The van der Waals surface area contributed by atoms with Crippen molar-refractivity contribution in [1.82, 2.24) is 0 Å². The lowest BCUT2D eigenvalue weighted by molar-refractivity contribution is -0.451. The van der Waals surface area contributed by atoms with Gasteiger partial charge in [0.05, 0.1) is 0 Å². The monoisotopic (exact) mass is 552 g/mol. The van der Waals surface area contributed by atoms with Crippen LogP contribution in [0.1, 0.15) is 0 Å². The Balaban J connectivity index is 7.04. The van der Waals surface area contributed by atoms with Crippen molar-refractivity contribution >= 4 is 39.2 Å². The molecule has 0 amide bonds. The second-order valence-corrected chi connectivity index (χ2v) is 13.6. The van der Waals surface area contributed by atoms with Crippen molar-refractivity contribution in [2.24, 2.45) is 0 Å². The summed E-state index contributed by atoms with van der Waals surface area (Å²) >= 11 is 12.7. The molecule has 176 valence electrons. The summed E-state index contributed by atoms with van der Waals surface area (Å²) in [5.41, 5.74) is 0. The van der Waals surface area contributed by atoms with Crippen LogP contribution < -0.4 is 0 Å². The van der Waals surface area contributed by atoms with E-state index in [2.05, 4.69) is 33.2 Å². The normalized spacial score (nSPS) is 18.6. The van der Waals surface area contributed by atoms with Gasteiger partial charge in [-0.25, -0.2) is 4.39 Å². The molecule has 0 heterocycles. The van der Waals surface area contributed by atoms with Crippen molar-refractivity contribution in [3.05, 3.63) is 0 Å². The van der Waals surface area contributed by atoms with Crippen molar-refractivity contribution in [2.45, 2.75) is 47.3 Å². The molecule has 0 saturated heterocycles. The zero-order chi connectivity index (χ0) is 24.5. The molecule has 21 heteroatoms. The fraction of sp³-hybridized carbons (Fsp3) is 1.00. The second kappa shape index (κ2) is 6.95. The summed E-state index contributed by atoms with van der Waals surface area (Å²) in [6.07, 6.45) is -15.3. The third-order valence-corrected chi connectivity index (χ3v) is 6.87. The Hall–Kier alpha value is -0.103. The highest BCUT2D eigenvalue weighted by Crippen LogP contribution is 2.66. The molecule has 0 spiro atoms. The van der Waals surface area contributed by atoms with Gasteiger partial charge in [-0.15, -0.1) is 33.2 Å². The van der Waals surface area contributed by atoms with Crippen molar-refractivity contribution in [3.63, 3.8) is 0 Å². The van der Waals surface area contributed by atoms with E-state index >= 15 is 0 Å². The molecule has 0 aromatic carbocycles. The maximum absolute atomic E-state index is 13.9. The van der Waals surface area contributed by atoms with Crippen LogP contribution in [0.25, 0.3) is 0 Å². The van der Waals surface area contributed by atoms with Gasteiger partial charge < -0.3 is 0 Å². The van der Waals surface area contributed by atoms with Crippen LogP contribution in [0.15, 0.2) is 0 Å². The lowest BCUT2D eigenvalue weighted by atomic mass is 9.91. The van der Waals surface area contributed by atoms with Crippen LogP contribution in [0.5, 0.6) is 0 Å². The summed E-state index contributed by atoms with van der Waals surface area (Å²) in [4.78, 5) is 0. The minimum Gasteiger partial charge on any atom is -0.226 e. The number of rotatable bonds is 6. The predicted octanol–water partition coefficient (Wildman–Crippen LogP) is 7.19. The van der Waals surface area contributed by atoms with Gasteiger partial charge in [-0.05, 0) is 0 Å². The van der Waals surface area contributed by atoms with Crippen LogP contribution >= 0.6 is 33.2 Å². The Labute approximate surface area is 162 Å². The number of alkyl halides is 17. The van der Waals surface area contributed by atoms with E-state index in [1.807, 2.05) is 0 Å². The Kier molecular flexibility index (Phi) is 6.92. The van der Waals surface area contributed by atoms with E-state index in [-0.39, 0.29) is 0 Å². The highest BCUT2D eigenvalue weighted by molar-refractivity contribution is 7.65. The molecular formula is C8Cl3F17Si. The van der Waals surface area contributed by atoms with Crippen LogP contribution in [0, 0.1) is 0 Å². The van der Waals surface area contributed by atoms with E-state index in [1.54, 1.807) is 0 Å². The van der Waals surface area contributed by atoms with Crippen LogP contribution in [-0.4, -0.2) is 53.3 Å². The quantitative estimate of drug-likeness (QED) is 0.186. The fourth-order valence-electron chi connectivity index (χ4n) is 1.50. The third-order valence-electron chi connectivity index (χ3n) is 3.15. The number of halogens is 20. The Morgan fingerprint density at radius 3 is 0.793 bits per heavy atom. The highest BCUT2D eigenvalue weighted by atomic mass is 35.8. The molecule has 0 radical (unpaired) electrons. The summed E-state index contributed by atoms with van der Waals surface area (Å²) in [7, 11) is 0. The van der Waals surface area contributed by atoms with Gasteiger partial charge in [-0.3, -0.25) is 0 Å². The SMILES string of the molecule is FC(F)(F)C(F)(F)C(F)(F)C(F)(F)C(F)(F)C(F)(F)C(F)(C(F)(F)F)[Si](Cl)(Cl)Cl. The predicted molar refractivity (Wildman–Crippen MR) is 64.0 cm³/mol. The van der Waals surface area contributed by atoms with Crippen LogP contribution in [0.2, 0.25) is 0 Å². The average molecular weight is 553 g/mol. The lowest BCUT2D eigenvalue weighted by Gasteiger charge is -2.45. The standard InChI is InChI=1S/C8Cl3F17Si/c9-29(10,11)6(22,8(26,27)28)4(18,19)2(14,15)1(12,13)3(16,17)5(20,21)7(23,24)25. The van der Waals surface area contributed by atoms with Gasteiger partial charge in [-0.1, -0.05) is 0 Å². The van der Waals surface area contributed by atoms with Crippen molar-refractivity contribution in [1.29, 1.82) is 0 Å². The summed E-state index contributed by atoms with van der Waals surface area (Å²) < 4.78 is 218. The Morgan fingerprint density at radius 2 is 0.586 bits per heavy atom. The summed E-state index contributed by atoms with van der Waals surface area (Å²) in [5, 5.41) is -7.35. The van der Waals surface area contributed by atoms with Gasteiger partial charge in [0.1, 0.15) is 0 Å². The highest BCUT2D eigenvalue weighted by Gasteiger charge is 2.97. The zero-order valence-corrected chi connectivity index (χ0v) is 15.3. The molecule has 0 saturated carbocycles. The van der Waals surface area contributed by atoms with Gasteiger partial charge >= 0.3 is 53.3 Å². The largest absolute Gasteiger partial charge is 0.460 e. The first-order valence-electron chi connectivity index (χ1n) is 5.78. The molecule has 0 aliphatic heterocycles. The molecule has 1 atom stereocenters. The van der Waals surface area contributed by atoms with E-state index in [0.717, 1.165) is 0 Å². The molecule has 1 unspecified atom stereocenters. The smallest absolute Gasteiger partial charge is 0.226 e. The minimum atomic E-state index is -8.67.